The molecule has 0 aromatic carbocycles. The zero-order valence-electron chi connectivity index (χ0n) is 11.9. The van der Waals surface area contributed by atoms with Gasteiger partial charge in [-0.1, -0.05) is 5.21 Å². The molecule has 10 heteroatoms. The Labute approximate surface area is 128 Å². The Kier molecular flexibility index (Phi) is 3.66. The van der Waals surface area contributed by atoms with Gasteiger partial charge >= 0.3 is 6.18 Å². The average Bonchev–Trinajstić information content (AvgIpc) is 3.15. The smallest absolute Gasteiger partial charge is 0.364 e. The van der Waals surface area contributed by atoms with E-state index in [1.54, 1.807) is 4.90 Å². The van der Waals surface area contributed by atoms with Crippen LogP contribution in [0.25, 0.3) is 0 Å². The van der Waals surface area contributed by atoms with Gasteiger partial charge in [-0.3, -0.25) is 4.79 Å². The SMILES string of the molecule is NC(=O)c1cn(C2CCN(c3cc(C(F)(F)F)ccn3)C2)nn1. The molecule has 3 rings (SSSR count). The van der Waals surface area contributed by atoms with Crippen molar-refractivity contribution in [2.75, 3.05) is 18.0 Å². The summed E-state index contributed by atoms with van der Waals surface area (Å²) >= 11 is 0. The van der Waals surface area contributed by atoms with E-state index >= 15 is 0 Å². The lowest BCUT2D eigenvalue weighted by Crippen LogP contribution is -2.22. The lowest BCUT2D eigenvalue weighted by molar-refractivity contribution is -0.137. The van der Waals surface area contributed by atoms with Crippen LogP contribution in [0, 0.1) is 0 Å². The molecular formula is C13H13F3N6O. The minimum Gasteiger partial charge on any atom is -0.364 e. The van der Waals surface area contributed by atoms with E-state index in [0.717, 1.165) is 18.3 Å². The summed E-state index contributed by atoms with van der Waals surface area (Å²) in [6.45, 7) is 0.959. The van der Waals surface area contributed by atoms with Crippen LogP contribution in [0.5, 0.6) is 0 Å². The number of anilines is 1. The lowest BCUT2D eigenvalue weighted by Gasteiger charge is -2.18. The van der Waals surface area contributed by atoms with Crippen molar-refractivity contribution in [2.24, 2.45) is 5.73 Å². The fraction of sp³-hybridized carbons (Fsp3) is 0.385. The predicted octanol–water partition coefficient (Wildman–Crippen LogP) is 1.24. The van der Waals surface area contributed by atoms with Crippen LogP contribution in [-0.2, 0) is 6.18 Å². The highest BCUT2D eigenvalue weighted by Crippen LogP contribution is 2.32. The van der Waals surface area contributed by atoms with Crippen LogP contribution < -0.4 is 10.6 Å². The normalized spacial score (nSPS) is 18.4. The first kappa shape index (κ1) is 15.3. The minimum atomic E-state index is -4.40. The van der Waals surface area contributed by atoms with Crippen LogP contribution >= 0.6 is 0 Å². The molecule has 3 heterocycles. The highest BCUT2D eigenvalue weighted by Gasteiger charge is 2.32. The average molecular weight is 326 g/mol. The largest absolute Gasteiger partial charge is 0.416 e. The zero-order valence-corrected chi connectivity index (χ0v) is 11.9. The molecule has 2 aromatic rings. The molecule has 7 nitrogen and oxygen atoms in total. The summed E-state index contributed by atoms with van der Waals surface area (Å²) < 4.78 is 39.8. The maximum Gasteiger partial charge on any atom is 0.416 e. The molecule has 1 atom stereocenters. The number of alkyl halides is 3. The standard InChI is InChI=1S/C13H13F3N6O/c14-13(15,16)8-1-3-18-11(5-8)21-4-2-9(6-21)22-7-10(12(17)23)19-20-22/h1,3,5,7,9H,2,4,6H2,(H2,17,23). The fourth-order valence-corrected chi connectivity index (χ4v) is 2.50. The van der Waals surface area contributed by atoms with Crippen LogP contribution in [0.2, 0.25) is 0 Å². The monoisotopic (exact) mass is 326 g/mol. The number of pyridine rings is 1. The topological polar surface area (TPSA) is 89.9 Å². The van der Waals surface area contributed by atoms with Crippen molar-refractivity contribution < 1.29 is 18.0 Å². The Morgan fingerprint density at radius 2 is 2.17 bits per heavy atom. The van der Waals surface area contributed by atoms with Crippen LogP contribution in [0.3, 0.4) is 0 Å². The number of primary amides is 1. The summed E-state index contributed by atoms with van der Waals surface area (Å²) in [5, 5.41) is 7.50. The molecule has 1 fully saturated rings. The Hall–Kier alpha value is -2.65. The van der Waals surface area contributed by atoms with Gasteiger partial charge in [0.2, 0.25) is 0 Å². The van der Waals surface area contributed by atoms with E-state index in [9.17, 15) is 18.0 Å². The molecule has 1 aliphatic heterocycles. The summed E-state index contributed by atoms with van der Waals surface area (Å²) in [7, 11) is 0. The molecule has 0 saturated carbocycles. The van der Waals surface area contributed by atoms with Gasteiger partial charge in [-0.15, -0.1) is 5.10 Å². The summed E-state index contributed by atoms with van der Waals surface area (Å²) in [4.78, 5) is 16.8. The number of aromatic nitrogens is 4. The number of nitrogens with two attached hydrogens (primary N) is 1. The molecule has 122 valence electrons. The van der Waals surface area contributed by atoms with Gasteiger partial charge in [0.15, 0.2) is 5.69 Å². The summed E-state index contributed by atoms with van der Waals surface area (Å²) in [5.41, 5.74) is 4.44. The van der Waals surface area contributed by atoms with Gasteiger partial charge in [0.05, 0.1) is 17.8 Å². The predicted molar refractivity (Wildman–Crippen MR) is 73.6 cm³/mol. The van der Waals surface area contributed by atoms with Crippen molar-refractivity contribution in [1.29, 1.82) is 0 Å². The molecule has 2 aromatic heterocycles. The zero-order chi connectivity index (χ0) is 16.6. The Morgan fingerprint density at radius 1 is 1.39 bits per heavy atom. The number of hydrogen-bond donors (Lipinski definition) is 1. The maximum atomic E-state index is 12.8. The molecule has 2 N–H and O–H groups in total. The highest BCUT2D eigenvalue weighted by molar-refractivity contribution is 5.90. The van der Waals surface area contributed by atoms with Crippen LogP contribution in [0.4, 0.5) is 19.0 Å². The van der Waals surface area contributed by atoms with E-state index in [2.05, 4.69) is 15.3 Å². The summed E-state index contributed by atoms with van der Waals surface area (Å²) in [6.07, 6.45) is -1.17. The Morgan fingerprint density at radius 3 is 2.83 bits per heavy atom. The summed E-state index contributed by atoms with van der Waals surface area (Å²) in [5.74, 6) is -0.414. The van der Waals surface area contributed by atoms with E-state index < -0.39 is 17.6 Å². The highest BCUT2D eigenvalue weighted by atomic mass is 19.4. The van der Waals surface area contributed by atoms with E-state index in [1.807, 2.05) is 0 Å². The van der Waals surface area contributed by atoms with E-state index in [4.69, 9.17) is 5.73 Å². The molecule has 0 bridgehead atoms. The quantitative estimate of drug-likeness (QED) is 0.916. The fourth-order valence-electron chi connectivity index (χ4n) is 2.50. The van der Waals surface area contributed by atoms with Gasteiger partial charge in [-0.25, -0.2) is 9.67 Å². The molecular weight excluding hydrogens is 313 g/mol. The third-order valence-corrected chi connectivity index (χ3v) is 3.70. The van der Waals surface area contributed by atoms with Gasteiger partial charge in [0.25, 0.3) is 5.91 Å². The van der Waals surface area contributed by atoms with Crippen LogP contribution in [0.15, 0.2) is 24.5 Å². The molecule has 1 amide bonds. The van der Waals surface area contributed by atoms with Gasteiger partial charge in [-0.2, -0.15) is 13.2 Å². The number of carbonyl (C=O) groups is 1. The Bertz CT molecular complexity index is 728. The molecule has 0 radical (unpaired) electrons. The second-order valence-corrected chi connectivity index (χ2v) is 5.24. The maximum absolute atomic E-state index is 12.8. The van der Waals surface area contributed by atoms with Gasteiger partial charge in [-0.05, 0) is 18.6 Å². The van der Waals surface area contributed by atoms with E-state index in [0.29, 0.717) is 19.5 Å². The van der Waals surface area contributed by atoms with Crippen molar-refractivity contribution in [3.63, 3.8) is 0 Å². The molecule has 1 unspecified atom stereocenters. The number of amides is 1. The van der Waals surface area contributed by atoms with Crippen molar-refractivity contribution in [3.8, 4) is 0 Å². The van der Waals surface area contributed by atoms with Crippen molar-refractivity contribution in [1.82, 2.24) is 20.0 Å². The second-order valence-electron chi connectivity index (χ2n) is 5.24. The number of halogens is 3. The third kappa shape index (κ3) is 3.10. The number of hydrogen-bond acceptors (Lipinski definition) is 5. The summed E-state index contributed by atoms with van der Waals surface area (Å²) in [6, 6.07) is 1.86. The van der Waals surface area contributed by atoms with Gasteiger partial charge < -0.3 is 10.6 Å². The lowest BCUT2D eigenvalue weighted by atomic mass is 10.2. The molecule has 1 aliphatic rings. The molecule has 1 saturated heterocycles. The van der Waals surface area contributed by atoms with Crippen LogP contribution in [0.1, 0.15) is 28.5 Å². The minimum absolute atomic E-state index is 0.0562. The molecule has 23 heavy (non-hydrogen) atoms. The number of rotatable bonds is 3. The third-order valence-electron chi connectivity index (χ3n) is 3.70. The first-order chi connectivity index (χ1) is 10.8. The number of nitrogens with zero attached hydrogens (tertiary/aromatic N) is 5. The van der Waals surface area contributed by atoms with Crippen molar-refractivity contribution in [2.45, 2.75) is 18.6 Å². The first-order valence-corrected chi connectivity index (χ1v) is 6.84. The molecule has 0 spiro atoms. The first-order valence-electron chi connectivity index (χ1n) is 6.84. The van der Waals surface area contributed by atoms with Gasteiger partial charge in [0, 0.05) is 19.3 Å². The number of carbonyl (C=O) groups excluding carboxylic acids is 1. The van der Waals surface area contributed by atoms with E-state index in [1.165, 1.54) is 10.9 Å². The second kappa shape index (κ2) is 5.52. The Balaban J connectivity index is 1.76. The van der Waals surface area contributed by atoms with E-state index in [-0.39, 0.29) is 17.6 Å². The van der Waals surface area contributed by atoms with Gasteiger partial charge in [0.1, 0.15) is 5.82 Å². The van der Waals surface area contributed by atoms with Crippen LogP contribution in [-0.4, -0.2) is 39.0 Å². The van der Waals surface area contributed by atoms with Crippen molar-refractivity contribution in [3.05, 3.63) is 35.8 Å². The molecule has 0 aliphatic carbocycles. The van der Waals surface area contributed by atoms with Crippen molar-refractivity contribution >= 4 is 11.7 Å².